The van der Waals surface area contributed by atoms with E-state index in [4.69, 9.17) is 4.74 Å². The van der Waals surface area contributed by atoms with Crippen molar-refractivity contribution in [1.29, 1.82) is 0 Å². The lowest BCUT2D eigenvalue weighted by atomic mass is 10.1. The Balaban J connectivity index is 1.52. The fourth-order valence-corrected chi connectivity index (χ4v) is 3.22. The lowest BCUT2D eigenvalue weighted by molar-refractivity contribution is -0.147. The van der Waals surface area contributed by atoms with Crippen LogP contribution in [0, 0.1) is 5.92 Å². The van der Waals surface area contributed by atoms with Crippen LogP contribution in [-0.2, 0) is 20.9 Å². The van der Waals surface area contributed by atoms with Crippen molar-refractivity contribution in [2.75, 3.05) is 31.6 Å². The zero-order valence-corrected chi connectivity index (χ0v) is 16.6. The number of amides is 3. The minimum Gasteiger partial charge on any atom is -0.497 e. The number of nitrogens with zero attached hydrogens (tertiary/aromatic N) is 2. The van der Waals surface area contributed by atoms with Crippen LogP contribution in [-0.4, -0.2) is 49.4 Å². The first-order valence-corrected chi connectivity index (χ1v) is 9.56. The predicted octanol–water partition coefficient (Wildman–Crippen LogP) is 1.82. The van der Waals surface area contributed by atoms with E-state index in [1.165, 1.54) is 9.80 Å². The summed E-state index contributed by atoms with van der Waals surface area (Å²) in [7, 11) is 1.60. The van der Waals surface area contributed by atoms with Crippen molar-refractivity contribution < 1.29 is 19.1 Å². The Kier molecular flexibility index (Phi) is 6.49. The average Bonchev–Trinajstić information content (AvgIpc) is 2.76. The SMILES string of the molecule is COc1ccc(CNC(=O)C(C)CN2CCN(c3ccccc3)C(=O)C2=O)cc1. The summed E-state index contributed by atoms with van der Waals surface area (Å²) in [5, 5.41) is 2.87. The third kappa shape index (κ3) is 4.93. The Morgan fingerprint density at radius 1 is 1.03 bits per heavy atom. The van der Waals surface area contributed by atoms with Crippen LogP contribution < -0.4 is 15.0 Å². The number of carbonyl (C=O) groups is 3. The van der Waals surface area contributed by atoms with E-state index in [-0.39, 0.29) is 12.5 Å². The van der Waals surface area contributed by atoms with E-state index in [2.05, 4.69) is 5.32 Å². The maximum absolute atomic E-state index is 12.5. The van der Waals surface area contributed by atoms with Gasteiger partial charge in [-0.05, 0) is 29.8 Å². The molecule has 2 aromatic carbocycles. The highest BCUT2D eigenvalue weighted by molar-refractivity contribution is 6.41. The molecule has 2 aromatic rings. The van der Waals surface area contributed by atoms with E-state index < -0.39 is 17.7 Å². The van der Waals surface area contributed by atoms with Gasteiger partial charge in [0.2, 0.25) is 5.91 Å². The van der Waals surface area contributed by atoms with Gasteiger partial charge in [0.15, 0.2) is 0 Å². The number of benzene rings is 2. The largest absolute Gasteiger partial charge is 0.497 e. The molecule has 0 radical (unpaired) electrons. The fraction of sp³-hybridized carbons (Fsp3) is 0.318. The zero-order valence-electron chi connectivity index (χ0n) is 16.6. The summed E-state index contributed by atoms with van der Waals surface area (Å²) in [6, 6.07) is 16.6. The molecule has 0 aromatic heterocycles. The standard InChI is InChI=1S/C22H25N3O4/c1-16(20(26)23-14-17-8-10-19(29-2)11-9-17)15-24-12-13-25(22(28)21(24)27)18-6-4-3-5-7-18/h3-11,16H,12-15H2,1-2H3,(H,23,26). The summed E-state index contributed by atoms with van der Waals surface area (Å²) >= 11 is 0. The first-order valence-electron chi connectivity index (χ1n) is 9.56. The van der Waals surface area contributed by atoms with Gasteiger partial charge in [-0.3, -0.25) is 14.4 Å². The van der Waals surface area contributed by atoms with Gasteiger partial charge >= 0.3 is 11.8 Å². The molecular weight excluding hydrogens is 370 g/mol. The third-order valence-corrected chi connectivity index (χ3v) is 4.94. The number of nitrogens with one attached hydrogen (secondary N) is 1. The van der Waals surface area contributed by atoms with Gasteiger partial charge in [-0.2, -0.15) is 0 Å². The Morgan fingerprint density at radius 2 is 1.72 bits per heavy atom. The van der Waals surface area contributed by atoms with E-state index >= 15 is 0 Å². The summed E-state index contributed by atoms with van der Waals surface area (Å²) < 4.78 is 5.12. The van der Waals surface area contributed by atoms with Crippen molar-refractivity contribution in [2.24, 2.45) is 5.92 Å². The van der Waals surface area contributed by atoms with Gasteiger partial charge in [0.1, 0.15) is 5.75 Å². The topological polar surface area (TPSA) is 79.0 Å². The molecule has 7 heteroatoms. The molecule has 0 aliphatic carbocycles. The maximum Gasteiger partial charge on any atom is 0.316 e. The molecule has 29 heavy (non-hydrogen) atoms. The highest BCUT2D eigenvalue weighted by atomic mass is 16.5. The second-order valence-corrected chi connectivity index (χ2v) is 7.01. The highest BCUT2D eigenvalue weighted by Gasteiger charge is 2.34. The molecule has 1 N–H and O–H groups in total. The van der Waals surface area contributed by atoms with Gasteiger partial charge in [-0.1, -0.05) is 37.3 Å². The van der Waals surface area contributed by atoms with Crippen molar-refractivity contribution >= 4 is 23.4 Å². The Bertz CT molecular complexity index is 867. The molecule has 1 heterocycles. The zero-order chi connectivity index (χ0) is 20.8. The molecule has 1 aliphatic rings. The van der Waals surface area contributed by atoms with Crippen LogP contribution in [0.25, 0.3) is 0 Å². The monoisotopic (exact) mass is 395 g/mol. The van der Waals surface area contributed by atoms with E-state index in [0.717, 1.165) is 11.3 Å². The van der Waals surface area contributed by atoms with Gasteiger partial charge in [0, 0.05) is 31.9 Å². The maximum atomic E-state index is 12.5. The normalized spacial score (nSPS) is 15.2. The molecule has 152 valence electrons. The molecule has 3 rings (SSSR count). The number of carbonyl (C=O) groups excluding carboxylic acids is 3. The number of anilines is 1. The molecule has 1 unspecified atom stereocenters. The minimum atomic E-state index is -0.574. The summed E-state index contributed by atoms with van der Waals surface area (Å²) in [6.45, 7) is 3.17. The molecule has 0 spiro atoms. The van der Waals surface area contributed by atoms with Gasteiger partial charge in [-0.15, -0.1) is 0 Å². The number of hydrogen-bond donors (Lipinski definition) is 1. The molecule has 0 bridgehead atoms. The molecule has 1 fully saturated rings. The van der Waals surface area contributed by atoms with Gasteiger partial charge < -0.3 is 19.9 Å². The molecule has 7 nitrogen and oxygen atoms in total. The van der Waals surface area contributed by atoms with E-state index in [1.54, 1.807) is 26.2 Å². The van der Waals surface area contributed by atoms with Crippen molar-refractivity contribution in [2.45, 2.75) is 13.5 Å². The Hall–Kier alpha value is -3.35. The minimum absolute atomic E-state index is 0.161. The smallest absolute Gasteiger partial charge is 0.316 e. The van der Waals surface area contributed by atoms with E-state index in [0.29, 0.717) is 25.3 Å². The van der Waals surface area contributed by atoms with Gasteiger partial charge in [0.25, 0.3) is 0 Å². The quantitative estimate of drug-likeness (QED) is 0.726. The van der Waals surface area contributed by atoms with Crippen molar-refractivity contribution in [3.8, 4) is 5.75 Å². The summed E-state index contributed by atoms with van der Waals surface area (Å²) in [4.78, 5) is 40.3. The summed E-state index contributed by atoms with van der Waals surface area (Å²) in [5.41, 5.74) is 1.66. The van der Waals surface area contributed by atoms with Gasteiger partial charge in [-0.25, -0.2) is 0 Å². The first kappa shape index (κ1) is 20.4. The lowest BCUT2D eigenvalue weighted by Crippen LogP contribution is -2.56. The van der Waals surface area contributed by atoms with E-state index in [9.17, 15) is 14.4 Å². The molecule has 0 saturated carbocycles. The highest BCUT2D eigenvalue weighted by Crippen LogP contribution is 2.18. The Morgan fingerprint density at radius 3 is 2.38 bits per heavy atom. The molecule has 3 amide bonds. The summed E-state index contributed by atoms with van der Waals surface area (Å²) in [6.07, 6.45) is 0. The summed E-state index contributed by atoms with van der Waals surface area (Å²) in [5.74, 6) is -0.964. The first-order chi connectivity index (χ1) is 14.0. The molecular formula is C22H25N3O4. The Labute approximate surface area is 170 Å². The molecule has 1 saturated heterocycles. The van der Waals surface area contributed by atoms with Crippen LogP contribution in [0.3, 0.4) is 0 Å². The molecule has 1 atom stereocenters. The second kappa shape index (κ2) is 9.23. The molecule has 1 aliphatic heterocycles. The van der Waals surface area contributed by atoms with Crippen molar-refractivity contribution in [3.63, 3.8) is 0 Å². The van der Waals surface area contributed by atoms with Crippen LogP contribution in [0.2, 0.25) is 0 Å². The van der Waals surface area contributed by atoms with E-state index in [1.807, 2.05) is 42.5 Å². The van der Waals surface area contributed by atoms with Gasteiger partial charge in [0.05, 0.1) is 13.0 Å². The third-order valence-electron chi connectivity index (χ3n) is 4.94. The van der Waals surface area contributed by atoms with Crippen LogP contribution in [0.1, 0.15) is 12.5 Å². The number of methoxy groups -OCH3 is 1. The van der Waals surface area contributed by atoms with Crippen LogP contribution in [0.4, 0.5) is 5.69 Å². The van der Waals surface area contributed by atoms with Crippen molar-refractivity contribution in [3.05, 3.63) is 60.2 Å². The number of piperazine rings is 1. The fourth-order valence-electron chi connectivity index (χ4n) is 3.22. The number of hydrogen-bond acceptors (Lipinski definition) is 4. The van der Waals surface area contributed by atoms with Crippen LogP contribution >= 0.6 is 0 Å². The van der Waals surface area contributed by atoms with Crippen LogP contribution in [0.5, 0.6) is 5.75 Å². The number of para-hydroxylation sites is 1. The second-order valence-electron chi connectivity index (χ2n) is 7.01. The lowest BCUT2D eigenvalue weighted by Gasteiger charge is -2.34. The van der Waals surface area contributed by atoms with Crippen molar-refractivity contribution in [1.82, 2.24) is 10.2 Å². The number of ether oxygens (including phenoxy) is 1. The number of rotatable bonds is 7. The predicted molar refractivity (Wildman–Crippen MR) is 109 cm³/mol. The average molecular weight is 395 g/mol. The van der Waals surface area contributed by atoms with Crippen LogP contribution in [0.15, 0.2) is 54.6 Å².